The third kappa shape index (κ3) is 41.9. The third-order valence-corrected chi connectivity index (χ3v) is 11.3. The largest absolute Gasteiger partial charge is 0.462 e. The zero-order valence-electron chi connectivity index (χ0n) is 37.6. The molecular weight excluding hydrogens is 685 g/mol. The molecule has 0 bridgehead atoms. The minimum absolute atomic E-state index is 0.0645. The Bertz CT molecular complexity index is 841. The average Bonchev–Trinajstić information content (AvgIpc) is 3.17. The molecule has 0 heterocycles. The summed E-state index contributed by atoms with van der Waals surface area (Å²) in [6.45, 7) is 11.3. The monoisotopic (exact) mass is 779 g/mol. The van der Waals surface area contributed by atoms with Crippen LogP contribution in [-0.2, 0) is 28.6 Å². The zero-order valence-corrected chi connectivity index (χ0v) is 37.6. The number of ether oxygens (including phenoxy) is 3. The quantitative estimate of drug-likeness (QED) is 0.0348. The molecule has 0 spiro atoms. The van der Waals surface area contributed by atoms with Crippen molar-refractivity contribution >= 4 is 17.9 Å². The highest BCUT2D eigenvalue weighted by molar-refractivity contribution is 5.71. The van der Waals surface area contributed by atoms with Gasteiger partial charge in [-0.2, -0.15) is 0 Å². The highest BCUT2D eigenvalue weighted by Crippen LogP contribution is 2.17. The van der Waals surface area contributed by atoms with Gasteiger partial charge in [-0.05, 0) is 31.1 Å². The lowest BCUT2D eigenvalue weighted by Gasteiger charge is -2.18. The lowest BCUT2D eigenvalue weighted by Crippen LogP contribution is -2.30. The van der Waals surface area contributed by atoms with E-state index in [-0.39, 0.29) is 31.1 Å². The average molecular weight is 779 g/mol. The van der Waals surface area contributed by atoms with Gasteiger partial charge in [0.1, 0.15) is 13.2 Å². The molecule has 0 fully saturated rings. The van der Waals surface area contributed by atoms with Gasteiger partial charge in [-0.15, -0.1) is 0 Å². The zero-order chi connectivity index (χ0) is 40.5. The van der Waals surface area contributed by atoms with Gasteiger partial charge in [0.2, 0.25) is 0 Å². The molecule has 6 nitrogen and oxygen atoms in total. The molecule has 0 aliphatic rings. The maximum absolute atomic E-state index is 12.7. The van der Waals surface area contributed by atoms with Crippen LogP contribution in [0.1, 0.15) is 266 Å². The van der Waals surface area contributed by atoms with Crippen molar-refractivity contribution in [2.24, 2.45) is 11.8 Å². The molecule has 0 aliphatic heterocycles. The summed E-state index contributed by atoms with van der Waals surface area (Å²) in [5, 5.41) is 0. The number of hydrogen-bond acceptors (Lipinski definition) is 6. The van der Waals surface area contributed by atoms with Crippen molar-refractivity contribution in [2.75, 3.05) is 13.2 Å². The molecule has 6 heteroatoms. The molecule has 0 amide bonds. The van der Waals surface area contributed by atoms with Crippen molar-refractivity contribution in [3.8, 4) is 0 Å². The standard InChI is InChI=1S/C49H94O6/c1-6-8-9-10-11-12-14-19-26-31-36-41-49(52)55-46(43-54-48(51)40-35-30-25-21-20-23-28-33-38-45(5)7-2)42-53-47(50)39-34-29-24-18-16-13-15-17-22-27-32-37-44(3)4/h44-46H,6-43H2,1-5H3/t45?,46-/m0/s1. The molecule has 0 saturated carbocycles. The van der Waals surface area contributed by atoms with Gasteiger partial charge in [0.15, 0.2) is 6.10 Å². The predicted molar refractivity (Wildman–Crippen MR) is 233 cm³/mol. The molecule has 0 saturated heterocycles. The van der Waals surface area contributed by atoms with Crippen LogP contribution in [0.3, 0.4) is 0 Å². The number of unbranched alkanes of at least 4 members (excludes halogenated alkanes) is 27. The highest BCUT2D eigenvalue weighted by Gasteiger charge is 2.19. The van der Waals surface area contributed by atoms with Crippen LogP contribution in [0.25, 0.3) is 0 Å². The van der Waals surface area contributed by atoms with Crippen molar-refractivity contribution in [3.05, 3.63) is 0 Å². The smallest absolute Gasteiger partial charge is 0.306 e. The Balaban J connectivity index is 4.33. The van der Waals surface area contributed by atoms with Gasteiger partial charge in [-0.25, -0.2) is 0 Å². The number of esters is 3. The van der Waals surface area contributed by atoms with E-state index >= 15 is 0 Å². The van der Waals surface area contributed by atoms with Crippen LogP contribution < -0.4 is 0 Å². The van der Waals surface area contributed by atoms with Gasteiger partial charge in [0.05, 0.1) is 0 Å². The van der Waals surface area contributed by atoms with E-state index in [2.05, 4.69) is 34.6 Å². The van der Waals surface area contributed by atoms with Crippen LogP contribution in [-0.4, -0.2) is 37.2 Å². The molecule has 0 aromatic heterocycles. The lowest BCUT2D eigenvalue weighted by molar-refractivity contribution is -0.167. The molecule has 0 aliphatic carbocycles. The van der Waals surface area contributed by atoms with Gasteiger partial charge in [-0.1, -0.05) is 227 Å². The Morgan fingerprint density at radius 3 is 1.04 bits per heavy atom. The van der Waals surface area contributed by atoms with E-state index in [0.717, 1.165) is 69.6 Å². The van der Waals surface area contributed by atoms with Gasteiger partial charge in [0.25, 0.3) is 0 Å². The summed E-state index contributed by atoms with van der Waals surface area (Å²) >= 11 is 0. The lowest BCUT2D eigenvalue weighted by atomic mass is 9.99. The number of carbonyl (C=O) groups excluding carboxylic acids is 3. The Hall–Kier alpha value is -1.59. The molecule has 0 radical (unpaired) electrons. The molecule has 0 rings (SSSR count). The molecule has 0 aromatic carbocycles. The minimum atomic E-state index is -0.761. The second-order valence-corrected chi connectivity index (χ2v) is 17.5. The fourth-order valence-electron chi connectivity index (χ4n) is 7.25. The van der Waals surface area contributed by atoms with E-state index in [4.69, 9.17) is 14.2 Å². The fourth-order valence-corrected chi connectivity index (χ4v) is 7.25. The second-order valence-electron chi connectivity index (χ2n) is 17.5. The van der Waals surface area contributed by atoms with E-state index in [1.54, 1.807) is 0 Å². The molecular formula is C49H94O6. The molecule has 326 valence electrons. The van der Waals surface area contributed by atoms with E-state index in [1.807, 2.05) is 0 Å². The van der Waals surface area contributed by atoms with Crippen molar-refractivity contribution in [3.63, 3.8) is 0 Å². The van der Waals surface area contributed by atoms with E-state index in [1.165, 1.54) is 154 Å². The maximum Gasteiger partial charge on any atom is 0.306 e. The topological polar surface area (TPSA) is 78.9 Å². The second kappa shape index (κ2) is 42.0. The van der Waals surface area contributed by atoms with Crippen molar-refractivity contribution in [2.45, 2.75) is 272 Å². The number of hydrogen-bond donors (Lipinski definition) is 0. The van der Waals surface area contributed by atoms with Crippen LogP contribution in [0.5, 0.6) is 0 Å². The van der Waals surface area contributed by atoms with E-state index < -0.39 is 6.10 Å². The van der Waals surface area contributed by atoms with Gasteiger partial charge in [0, 0.05) is 19.3 Å². The first kappa shape index (κ1) is 53.4. The summed E-state index contributed by atoms with van der Waals surface area (Å²) in [4.78, 5) is 37.8. The molecule has 55 heavy (non-hydrogen) atoms. The first-order chi connectivity index (χ1) is 26.8. The molecule has 0 aromatic rings. The maximum atomic E-state index is 12.7. The molecule has 1 unspecified atom stereocenters. The predicted octanol–water partition coefficient (Wildman–Crippen LogP) is 15.4. The van der Waals surface area contributed by atoms with Crippen LogP contribution in [0.2, 0.25) is 0 Å². The summed E-state index contributed by atoms with van der Waals surface area (Å²) in [5.74, 6) is 0.820. The Morgan fingerprint density at radius 2 is 0.691 bits per heavy atom. The summed E-state index contributed by atoms with van der Waals surface area (Å²) in [6, 6.07) is 0. The third-order valence-electron chi connectivity index (χ3n) is 11.3. The highest BCUT2D eigenvalue weighted by atomic mass is 16.6. The van der Waals surface area contributed by atoms with Gasteiger partial charge in [-0.3, -0.25) is 14.4 Å². The minimum Gasteiger partial charge on any atom is -0.462 e. The van der Waals surface area contributed by atoms with Crippen LogP contribution in [0, 0.1) is 11.8 Å². The Labute approximate surface area is 342 Å². The summed E-state index contributed by atoms with van der Waals surface area (Å²) in [5.41, 5.74) is 0. The van der Waals surface area contributed by atoms with E-state index in [0.29, 0.717) is 19.3 Å². The number of rotatable bonds is 43. The summed E-state index contributed by atoms with van der Waals surface area (Å²) < 4.78 is 16.8. The first-order valence-corrected chi connectivity index (χ1v) is 24.3. The Morgan fingerprint density at radius 1 is 0.382 bits per heavy atom. The summed E-state index contributed by atoms with van der Waals surface area (Å²) in [6.07, 6.45) is 40.8. The fraction of sp³-hybridized carbons (Fsp3) is 0.939. The van der Waals surface area contributed by atoms with Crippen molar-refractivity contribution in [1.82, 2.24) is 0 Å². The van der Waals surface area contributed by atoms with Gasteiger partial charge < -0.3 is 14.2 Å². The molecule has 2 atom stereocenters. The number of carbonyl (C=O) groups is 3. The van der Waals surface area contributed by atoms with Crippen LogP contribution in [0.15, 0.2) is 0 Å². The first-order valence-electron chi connectivity index (χ1n) is 24.3. The summed E-state index contributed by atoms with van der Waals surface area (Å²) in [7, 11) is 0. The van der Waals surface area contributed by atoms with Crippen LogP contribution in [0.4, 0.5) is 0 Å². The normalized spacial score (nSPS) is 12.5. The van der Waals surface area contributed by atoms with Gasteiger partial charge >= 0.3 is 17.9 Å². The van der Waals surface area contributed by atoms with E-state index in [9.17, 15) is 14.4 Å². The van der Waals surface area contributed by atoms with Crippen LogP contribution >= 0.6 is 0 Å². The van der Waals surface area contributed by atoms with Crippen molar-refractivity contribution < 1.29 is 28.6 Å². The molecule has 0 N–H and O–H groups in total. The SMILES string of the molecule is CCCCCCCCCCCCCC(=O)O[C@@H](COC(=O)CCCCCCCCCCCCCC(C)C)COC(=O)CCCCCCCCCCC(C)CC. The Kier molecular flexibility index (Phi) is 40.8. The van der Waals surface area contributed by atoms with Crippen molar-refractivity contribution in [1.29, 1.82) is 0 Å².